The zero-order valence-corrected chi connectivity index (χ0v) is 13.3. The molecular weight excluding hydrogens is 303 g/mol. The van der Waals surface area contributed by atoms with Crippen LogP contribution in [0.3, 0.4) is 0 Å². The van der Waals surface area contributed by atoms with Gasteiger partial charge >= 0.3 is 6.18 Å². The lowest BCUT2D eigenvalue weighted by atomic mass is 10.1. The summed E-state index contributed by atoms with van der Waals surface area (Å²) in [5.74, 6) is 0.139. The maximum absolute atomic E-state index is 12.1. The topological polar surface area (TPSA) is 44.3 Å². The molecule has 1 N–H and O–H groups in total. The zero-order chi connectivity index (χ0) is 16.3. The lowest BCUT2D eigenvalue weighted by Gasteiger charge is -2.26. The summed E-state index contributed by atoms with van der Waals surface area (Å²) in [6.07, 6.45) is -4.37. The molecule has 0 heterocycles. The van der Waals surface area contributed by atoms with E-state index in [4.69, 9.17) is 4.74 Å². The van der Waals surface area contributed by atoms with Crippen molar-refractivity contribution in [3.8, 4) is 5.75 Å². The van der Waals surface area contributed by atoms with Crippen LogP contribution in [0.1, 0.15) is 39.3 Å². The first-order valence-corrected chi connectivity index (χ1v) is 7.61. The number of hydrogen-bond acceptors (Lipinski definition) is 3. The molecule has 1 rings (SSSR count). The number of benzene rings is 1. The molecule has 0 amide bonds. The fourth-order valence-corrected chi connectivity index (χ4v) is 2.25. The summed E-state index contributed by atoms with van der Waals surface area (Å²) in [5, 5.41) is 0. The number of hydrogen-bond donors (Lipinski definition) is 1. The number of ether oxygens (including phenoxy) is 1. The van der Waals surface area contributed by atoms with Crippen LogP contribution >= 0.6 is 0 Å². The highest BCUT2D eigenvalue weighted by Crippen LogP contribution is 2.24. The summed E-state index contributed by atoms with van der Waals surface area (Å²) in [5.41, 5.74) is 0.715. The van der Waals surface area contributed by atoms with Crippen molar-refractivity contribution >= 4 is 11.4 Å². The minimum Gasteiger partial charge on any atom is -0.598 e. The van der Waals surface area contributed by atoms with Crippen molar-refractivity contribution in [1.29, 1.82) is 0 Å². The maximum Gasteiger partial charge on any atom is 0.422 e. The van der Waals surface area contributed by atoms with Gasteiger partial charge in [-0.2, -0.15) is 13.2 Å². The van der Waals surface area contributed by atoms with E-state index < -0.39 is 28.9 Å². The summed E-state index contributed by atoms with van der Waals surface area (Å²) in [6, 6.07) is 6.07. The van der Waals surface area contributed by atoms with Gasteiger partial charge in [-0.1, -0.05) is 12.1 Å². The predicted octanol–water partition coefficient (Wildman–Crippen LogP) is 3.74. The van der Waals surface area contributed by atoms with Crippen molar-refractivity contribution in [3.05, 3.63) is 29.8 Å². The fraction of sp³-hybridized carbons (Fsp3) is 0.571. The van der Waals surface area contributed by atoms with Crippen molar-refractivity contribution < 1.29 is 22.5 Å². The Hall–Kier alpha value is -0.920. The maximum atomic E-state index is 12.1. The number of halogens is 3. The Bertz CT molecular complexity index is 460. The third-order valence-electron chi connectivity index (χ3n) is 2.60. The van der Waals surface area contributed by atoms with Gasteiger partial charge in [-0.15, -0.1) is 4.72 Å². The molecule has 2 atom stereocenters. The van der Waals surface area contributed by atoms with Crippen LogP contribution in [0.5, 0.6) is 5.75 Å². The van der Waals surface area contributed by atoms with E-state index in [1.54, 1.807) is 19.1 Å². The molecular formula is C14H20F3NO2S. The Morgan fingerprint density at radius 2 is 1.90 bits per heavy atom. The summed E-state index contributed by atoms with van der Waals surface area (Å²) in [7, 11) is 0. The molecule has 120 valence electrons. The first kappa shape index (κ1) is 18.1. The Morgan fingerprint density at radius 1 is 1.29 bits per heavy atom. The van der Waals surface area contributed by atoms with Crippen LogP contribution in [0.2, 0.25) is 0 Å². The molecule has 0 saturated carbocycles. The molecule has 0 fully saturated rings. The molecule has 0 aliphatic heterocycles. The molecule has 0 saturated heterocycles. The second-order valence-electron chi connectivity index (χ2n) is 5.70. The molecule has 7 heteroatoms. The normalized spacial score (nSPS) is 15.6. The van der Waals surface area contributed by atoms with Crippen molar-refractivity contribution in [1.82, 2.24) is 4.72 Å². The van der Waals surface area contributed by atoms with Gasteiger partial charge in [-0.05, 0) is 45.4 Å². The minimum absolute atomic E-state index is 0.139. The van der Waals surface area contributed by atoms with Crippen LogP contribution in [0.15, 0.2) is 24.3 Å². The molecule has 0 unspecified atom stereocenters. The number of alkyl halides is 3. The third-order valence-corrected chi connectivity index (χ3v) is 4.28. The van der Waals surface area contributed by atoms with Crippen molar-refractivity contribution in [3.63, 3.8) is 0 Å². The largest absolute Gasteiger partial charge is 0.598 e. The highest BCUT2D eigenvalue weighted by molar-refractivity contribution is 7.90. The SMILES string of the molecule is C[C@@H](N[S@+]([O-])C(C)(C)C)c1cccc(OCC(F)(F)F)c1. The van der Waals surface area contributed by atoms with E-state index in [1.165, 1.54) is 12.1 Å². The van der Waals surface area contributed by atoms with E-state index in [0.29, 0.717) is 5.56 Å². The van der Waals surface area contributed by atoms with Gasteiger partial charge in [0.05, 0.1) is 6.04 Å². The van der Waals surface area contributed by atoms with Gasteiger partial charge in [0, 0.05) is 11.4 Å². The zero-order valence-electron chi connectivity index (χ0n) is 12.5. The van der Waals surface area contributed by atoms with Gasteiger partial charge in [-0.3, -0.25) is 0 Å². The average Bonchev–Trinajstić information content (AvgIpc) is 2.34. The van der Waals surface area contributed by atoms with Crippen molar-refractivity contribution in [2.75, 3.05) is 6.61 Å². The van der Waals surface area contributed by atoms with E-state index in [2.05, 4.69) is 4.72 Å². The quantitative estimate of drug-likeness (QED) is 0.840. The lowest BCUT2D eigenvalue weighted by molar-refractivity contribution is -0.153. The van der Waals surface area contributed by atoms with E-state index >= 15 is 0 Å². The first-order chi connectivity index (χ1) is 9.49. The van der Waals surface area contributed by atoms with Crippen LogP contribution in [-0.2, 0) is 11.4 Å². The molecule has 0 radical (unpaired) electrons. The Labute approximate surface area is 126 Å². The Balaban J connectivity index is 2.71. The second kappa shape index (κ2) is 6.89. The van der Waals surface area contributed by atoms with Crippen molar-refractivity contribution in [2.45, 2.75) is 44.7 Å². The molecule has 1 aromatic carbocycles. The van der Waals surface area contributed by atoms with E-state index in [0.717, 1.165) is 0 Å². The molecule has 3 nitrogen and oxygen atoms in total. The molecule has 0 spiro atoms. The highest BCUT2D eigenvalue weighted by atomic mass is 32.2. The van der Waals surface area contributed by atoms with Crippen LogP contribution in [0, 0.1) is 0 Å². The smallest absolute Gasteiger partial charge is 0.422 e. The Morgan fingerprint density at radius 3 is 2.43 bits per heavy atom. The molecule has 0 aliphatic rings. The van der Waals surface area contributed by atoms with Crippen LogP contribution in [0.4, 0.5) is 13.2 Å². The molecule has 0 aromatic heterocycles. The van der Waals surface area contributed by atoms with E-state index in [-0.39, 0.29) is 11.8 Å². The molecule has 1 aromatic rings. The van der Waals surface area contributed by atoms with Gasteiger partial charge in [-0.25, -0.2) is 0 Å². The predicted molar refractivity (Wildman–Crippen MR) is 77.4 cm³/mol. The second-order valence-corrected chi connectivity index (χ2v) is 7.69. The fourth-order valence-electron chi connectivity index (χ4n) is 1.44. The highest BCUT2D eigenvalue weighted by Gasteiger charge is 2.29. The standard InChI is InChI=1S/C14H20F3NO2S/c1-10(18-21(19)13(2,3)4)11-6-5-7-12(8-11)20-9-14(15,16)17/h5-8,10,18H,9H2,1-4H3/t10-,21-/m1/s1. The van der Waals surface area contributed by atoms with Crippen molar-refractivity contribution in [2.24, 2.45) is 0 Å². The van der Waals surface area contributed by atoms with Gasteiger partial charge in [0.25, 0.3) is 0 Å². The van der Waals surface area contributed by atoms with E-state index in [9.17, 15) is 17.7 Å². The molecule has 0 bridgehead atoms. The van der Waals surface area contributed by atoms with Crippen LogP contribution in [0.25, 0.3) is 0 Å². The first-order valence-electron chi connectivity index (χ1n) is 6.46. The summed E-state index contributed by atoms with van der Waals surface area (Å²) in [4.78, 5) is 0. The van der Waals surface area contributed by atoms with Gasteiger partial charge < -0.3 is 9.29 Å². The molecule has 21 heavy (non-hydrogen) atoms. The Kier molecular flexibility index (Phi) is 5.95. The number of nitrogens with one attached hydrogen (secondary N) is 1. The molecule has 0 aliphatic carbocycles. The minimum atomic E-state index is -4.37. The van der Waals surface area contributed by atoms with Crippen LogP contribution < -0.4 is 9.46 Å². The van der Waals surface area contributed by atoms with E-state index in [1.807, 2.05) is 20.8 Å². The van der Waals surface area contributed by atoms with Gasteiger partial charge in [0.15, 0.2) is 6.61 Å². The third kappa shape index (κ3) is 6.58. The summed E-state index contributed by atoms with van der Waals surface area (Å²) >= 11 is -1.26. The summed E-state index contributed by atoms with van der Waals surface area (Å²) in [6.45, 7) is 5.99. The van der Waals surface area contributed by atoms with Gasteiger partial charge in [0.2, 0.25) is 0 Å². The van der Waals surface area contributed by atoms with Crippen LogP contribution in [-0.4, -0.2) is 22.1 Å². The number of rotatable bonds is 5. The summed E-state index contributed by atoms with van der Waals surface area (Å²) < 4.78 is 55.6. The van der Waals surface area contributed by atoms with Gasteiger partial charge in [0.1, 0.15) is 10.5 Å². The monoisotopic (exact) mass is 323 g/mol. The average molecular weight is 323 g/mol. The lowest BCUT2D eigenvalue weighted by Crippen LogP contribution is -2.40.